The molecule has 0 spiro atoms. The van der Waals surface area contributed by atoms with Gasteiger partial charge in [-0.1, -0.05) is 54.7 Å². The lowest BCUT2D eigenvalue weighted by Crippen LogP contribution is -1.98. The van der Waals surface area contributed by atoms with Crippen molar-refractivity contribution < 1.29 is 5.11 Å². The third-order valence-electron chi connectivity index (χ3n) is 3.53. The molecule has 0 aliphatic heterocycles. The Morgan fingerprint density at radius 3 is 2.28 bits per heavy atom. The van der Waals surface area contributed by atoms with E-state index in [0.717, 1.165) is 18.4 Å². The topological polar surface area (TPSA) is 20.2 Å². The summed E-state index contributed by atoms with van der Waals surface area (Å²) in [6.07, 6.45) is 14.8. The largest absolute Gasteiger partial charge is 0.392 e. The van der Waals surface area contributed by atoms with Gasteiger partial charge in [-0.25, -0.2) is 0 Å². The van der Waals surface area contributed by atoms with Crippen molar-refractivity contribution in [3.05, 3.63) is 71.3 Å². The van der Waals surface area contributed by atoms with Crippen LogP contribution in [0.4, 0.5) is 0 Å². The van der Waals surface area contributed by atoms with Crippen molar-refractivity contribution in [3.63, 3.8) is 0 Å². The summed E-state index contributed by atoms with van der Waals surface area (Å²) >= 11 is 0. The summed E-state index contributed by atoms with van der Waals surface area (Å²) in [7, 11) is 0. The second-order valence-electron chi connectivity index (χ2n) is 4.65. The van der Waals surface area contributed by atoms with Crippen LogP contribution < -0.4 is 0 Å². The van der Waals surface area contributed by atoms with Crippen LogP contribution >= 0.6 is 0 Å². The highest BCUT2D eigenvalue weighted by Crippen LogP contribution is 2.35. The zero-order valence-corrected chi connectivity index (χ0v) is 10.3. The molecular formula is C17H16O. The van der Waals surface area contributed by atoms with Gasteiger partial charge < -0.3 is 5.11 Å². The van der Waals surface area contributed by atoms with Gasteiger partial charge in [0.05, 0.1) is 6.61 Å². The fourth-order valence-electron chi connectivity index (χ4n) is 2.66. The van der Waals surface area contributed by atoms with Gasteiger partial charge in [0.2, 0.25) is 0 Å². The van der Waals surface area contributed by atoms with Gasteiger partial charge in [0.25, 0.3) is 0 Å². The quantitative estimate of drug-likeness (QED) is 0.844. The molecule has 90 valence electrons. The van der Waals surface area contributed by atoms with Gasteiger partial charge in [0.15, 0.2) is 0 Å². The predicted molar refractivity (Wildman–Crippen MR) is 75.8 cm³/mol. The van der Waals surface area contributed by atoms with Crippen LogP contribution in [0, 0.1) is 0 Å². The lowest BCUT2D eigenvalue weighted by atomic mass is 9.89. The van der Waals surface area contributed by atoms with Crippen LogP contribution in [0.1, 0.15) is 29.5 Å². The van der Waals surface area contributed by atoms with Crippen LogP contribution in [0.15, 0.2) is 54.7 Å². The first-order chi connectivity index (χ1) is 8.90. The average molecular weight is 236 g/mol. The molecule has 0 saturated carbocycles. The molecule has 0 bridgehead atoms. The predicted octanol–water partition coefficient (Wildman–Crippen LogP) is 3.87. The van der Waals surface area contributed by atoms with E-state index in [9.17, 15) is 5.11 Å². The van der Waals surface area contributed by atoms with Crippen molar-refractivity contribution in [1.82, 2.24) is 0 Å². The van der Waals surface area contributed by atoms with Gasteiger partial charge in [-0.3, -0.25) is 0 Å². The first-order valence-corrected chi connectivity index (χ1v) is 6.35. The van der Waals surface area contributed by atoms with Crippen molar-refractivity contribution in [2.75, 3.05) is 0 Å². The number of aliphatic hydroxyl groups excluding tert-OH is 1. The van der Waals surface area contributed by atoms with Gasteiger partial charge in [-0.05, 0) is 40.7 Å². The van der Waals surface area contributed by atoms with Crippen molar-refractivity contribution in [1.29, 1.82) is 0 Å². The molecule has 0 amide bonds. The molecular weight excluding hydrogens is 220 g/mol. The number of allylic oxidation sites excluding steroid dienone is 8. The summed E-state index contributed by atoms with van der Waals surface area (Å²) < 4.78 is 0. The van der Waals surface area contributed by atoms with Gasteiger partial charge >= 0.3 is 0 Å². The highest BCUT2D eigenvalue weighted by molar-refractivity contribution is 5.85. The lowest BCUT2D eigenvalue weighted by molar-refractivity contribution is 0.281. The molecule has 0 fully saturated rings. The maximum atomic E-state index is 9.56. The first-order valence-electron chi connectivity index (χ1n) is 6.35. The van der Waals surface area contributed by atoms with Crippen LogP contribution in [0.2, 0.25) is 0 Å². The highest BCUT2D eigenvalue weighted by atomic mass is 16.3. The number of hydrogen-bond acceptors (Lipinski definition) is 1. The molecule has 1 N–H and O–H groups in total. The number of rotatable bonds is 3. The van der Waals surface area contributed by atoms with E-state index in [1.807, 2.05) is 12.1 Å². The van der Waals surface area contributed by atoms with E-state index in [0.29, 0.717) is 0 Å². The Balaban J connectivity index is 2.13. The lowest BCUT2D eigenvalue weighted by Gasteiger charge is -2.15. The Morgan fingerprint density at radius 2 is 1.67 bits per heavy atom. The molecule has 1 aromatic rings. The molecule has 0 heterocycles. The van der Waals surface area contributed by atoms with E-state index in [1.165, 1.54) is 22.3 Å². The molecule has 0 saturated heterocycles. The Morgan fingerprint density at radius 1 is 0.944 bits per heavy atom. The van der Waals surface area contributed by atoms with E-state index in [1.54, 1.807) is 0 Å². The van der Waals surface area contributed by atoms with Crippen LogP contribution in [0.5, 0.6) is 0 Å². The molecule has 0 atom stereocenters. The van der Waals surface area contributed by atoms with Gasteiger partial charge in [-0.2, -0.15) is 0 Å². The maximum Gasteiger partial charge on any atom is 0.0687 e. The average Bonchev–Trinajstić information content (AvgIpc) is 3.10. The minimum Gasteiger partial charge on any atom is -0.392 e. The maximum absolute atomic E-state index is 9.56. The van der Waals surface area contributed by atoms with E-state index >= 15 is 0 Å². The van der Waals surface area contributed by atoms with Crippen LogP contribution in [-0.2, 0) is 6.61 Å². The Hall–Kier alpha value is -1.86. The summed E-state index contributed by atoms with van der Waals surface area (Å²) in [5.74, 6) is 0. The van der Waals surface area contributed by atoms with Gasteiger partial charge in [0, 0.05) is 0 Å². The second kappa shape index (κ2) is 4.79. The first kappa shape index (κ1) is 11.2. The summed E-state index contributed by atoms with van der Waals surface area (Å²) in [5, 5.41) is 9.56. The van der Waals surface area contributed by atoms with E-state index in [4.69, 9.17) is 0 Å². The molecule has 3 rings (SSSR count). The van der Waals surface area contributed by atoms with Crippen molar-refractivity contribution in [2.24, 2.45) is 0 Å². The van der Waals surface area contributed by atoms with E-state index < -0.39 is 0 Å². The van der Waals surface area contributed by atoms with Crippen LogP contribution in [0.25, 0.3) is 11.1 Å². The van der Waals surface area contributed by atoms with Gasteiger partial charge in [-0.15, -0.1) is 0 Å². The Bertz CT molecular complexity index is 586. The molecule has 1 aromatic carbocycles. The summed E-state index contributed by atoms with van der Waals surface area (Å²) in [5.41, 5.74) is 6.16. The smallest absolute Gasteiger partial charge is 0.0687 e. The molecule has 18 heavy (non-hydrogen) atoms. The van der Waals surface area contributed by atoms with Crippen molar-refractivity contribution >= 4 is 11.1 Å². The monoisotopic (exact) mass is 236 g/mol. The van der Waals surface area contributed by atoms with Crippen molar-refractivity contribution in [3.8, 4) is 0 Å². The standard InChI is InChI=1S/C17H16O/c18-12-15-10-5-11-16(13-6-1-2-7-13)17(15)14-8-3-4-9-14/h1-6,8,10-11,18H,7,9,12H2. The zero-order chi connectivity index (χ0) is 12.4. The molecule has 0 aromatic heterocycles. The molecule has 2 aliphatic rings. The van der Waals surface area contributed by atoms with Crippen LogP contribution in [-0.4, -0.2) is 5.11 Å². The number of aliphatic hydroxyl groups is 1. The second-order valence-corrected chi connectivity index (χ2v) is 4.65. The summed E-state index contributed by atoms with van der Waals surface area (Å²) in [6, 6.07) is 6.21. The molecule has 2 aliphatic carbocycles. The number of benzene rings is 1. The highest BCUT2D eigenvalue weighted by Gasteiger charge is 2.16. The van der Waals surface area contributed by atoms with Crippen LogP contribution in [0.3, 0.4) is 0 Å². The zero-order valence-electron chi connectivity index (χ0n) is 10.3. The molecule has 0 radical (unpaired) electrons. The third kappa shape index (κ3) is 1.87. The summed E-state index contributed by atoms with van der Waals surface area (Å²) in [6.45, 7) is 0.0984. The number of hydrogen-bond donors (Lipinski definition) is 1. The molecule has 1 nitrogen and oxygen atoms in total. The fraction of sp³-hybridized carbons (Fsp3) is 0.176. The Kier molecular flexibility index (Phi) is 2.99. The normalized spacial score (nSPS) is 17.2. The molecule has 1 heteroatoms. The van der Waals surface area contributed by atoms with E-state index in [2.05, 4.69) is 42.5 Å². The Labute approximate surface area is 107 Å². The molecule has 0 unspecified atom stereocenters. The van der Waals surface area contributed by atoms with E-state index in [-0.39, 0.29) is 6.61 Å². The minimum atomic E-state index is 0.0984. The summed E-state index contributed by atoms with van der Waals surface area (Å²) in [4.78, 5) is 0. The van der Waals surface area contributed by atoms with Gasteiger partial charge in [0.1, 0.15) is 0 Å². The van der Waals surface area contributed by atoms with Crippen molar-refractivity contribution in [2.45, 2.75) is 19.4 Å². The fourth-order valence-corrected chi connectivity index (χ4v) is 2.66. The SMILES string of the molecule is OCc1cccc(C2=CC=CC2)c1C1=CC=CC1. The third-order valence-corrected chi connectivity index (χ3v) is 3.53. The minimum absolute atomic E-state index is 0.0984.